The lowest BCUT2D eigenvalue weighted by Crippen LogP contribution is -2.30. The second-order valence-corrected chi connectivity index (χ2v) is 5.84. The molecule has 2 heterocycles. The molecule has 1 aromatic rings. The van der Waals surface area contributed by atoms with E-state index < -0.39 is 0 Å². The monoisotopic (exact) mass is 263 g/mol. The Morgan fingerprint density at radius 2 is 2.16 bits per heavy atom. The molecule has 3 rings (SSSR count). The molecule has 1 aliphatic heterocycles. The van der Waals surface area contributed by atoms with Crippen molar-refractivity contribution in [1.82, 2.24) is 14.9 Å². The molecular formula is C15H25N3O. The Hall–Kier alpha value is -0.870. The number of fused-ring (bicyclic) bond motifs is 1. The lowest BCUT2D eigenvalue weighted by molar-refractivity contribution is 0.102. The standard InChI is InChI=1S/C15H25N3O/c1-2-15-17-11-10-16-9-8-12(11)18(15)13-6-4-3-5-7-14(13)19/h13-14,16,19H,2-10H2,1H3. The molecule has 1 fully saturated rings. The van der Waals surface area contributed by atoms with Gasteiger partial charge in [0.1, 0.15) is 5.82 Å². The van der Waals surface area contributed by atoms with Crippen LogP contribution in [0.2, 0.25) is 0 Å². The first kappa shape index (κ1) is 13.1. The average molecular weight is 263 g/mol. The van der Waals surface area contributed by atoms with Gasteiger partial charge in [-0.05, 0) is 12.8 Å². The number of nitrogens with zero attached hydrogens (tertiary/aromatic N) is 2. The second-order valence-electron chi connectivity index (χ2n) is 5.84. The van der Waals surface area contributed by atoms with E-state index in [-0.39, 0.29) is 12.1 Å². The minimum absolute atomic E-state index is 0.194. The van der Waals surface area contributed by atoms with Gasteiger partial charge in [0.05, 0.1) is 17.8 Å². The van der Waals surface area contributed by atoms with Crippen LogP contribution in [0, 0.1) is 0 Å². The van der Waals surface area contributed by atoms with Gasteiger partial charge in [-0.3, -0.25) is 0 Å². The zero-order valence-electron chi connectivity index (χ0n) is 11.9. The molecule has 2 aliphatic rings. The van der Waals surface area contributed by atoms with Gasteiger partial charge in [-0.15, -0.1) is 0 Å². The second kappa shape index (κ2) is 5.63. The molecule has 2 N–H and O–H groups in total. The number of hydrogen-bond acceptors (Lipinski definition) is 3. The number of aliphatic hydroxyl groups excluding tert-OH is 1. The molecule has 0 aromatic carbocycles. The number of imidazole rings is 1. The Balaban J connectivity index is 1.99. The van der Waals surface area contributed by atoms with E-state index in [1.165, 1.54) is 30.1 Å². The van der Waals surface area contributed by atoms with E-state index in [4.69, 9.17) is 4.98 Å². The molecule has 0 radical (unpaired) electrons. The van der Waals surface area contributed by atoms with Crippen molar-refractivity contribution < 1.29 is 5.11 Å². The number of aryl methyl sites for hydroxylation is 1. The van der Waals surface area contributed by atoms with Crippen LogP contribution < -0.4 is 5.32 Å². The van der Waals surface area contributed by atoms with E-state index in [1.807, 2.05) is 0 Å². The zero-order chi connectivity index (χ0) is 13.2. The number of aliphatic hydroxyl groups is 1. The Morgan fingerprint density at radius 3 is 3.00 bits per heavy atom. The van der Waals surface area contributed by atoms with Gasteiger partial charge >= 0.3 is 0 Å². The Morgan fingerprint density at radius 1 is 1.32 bits per heavy atom. The van der Waals surface area contributed by atoms with Gasteiger partial charge in [-0.2, -0.15) is 0 Å². The van der Waals surface area contributed by atoms with Gasteiger partial charge in [0.2, 0.25) is 0 Å². The van der Waals surface area contributed by atoms with Gasteiger partial charge in [-0.25, -0.2) is 4.98 Å². The Kier molecular flexibility index (Phi) is 3.89. The lowest BCUT2D eigenvalue weighted by Gasteiger charge is -2.27. The molecule has 2 unspecified atom stereocenters. The van der Waals surface area contributed by atoms with Gasteiger partial charge in [0.25, 0.3) is 0 Å². The summed E-state index contributed by atoms with van der Waals surface area (Å²) in [6.07, 6.45) is 7.51. The molecular weight excluding hydrogens is 238 g/mol. The van der Waals surface area contributed by atoms with Crippen LogP contribution in [0.15, 0.2) is 0 Å². The molecule has 4 heteroatoms. The third-order valence-corrected chi connectivity index (χ3v) is 4.59. The molecule has 106 valence electrons. The SMILES string of the molecule is CCc1nc2c(n1C1CCCCCC1O)CCNC2. The molecule has 1 aromatic heterocycles. The number of rotatable bonds is 2. The van der Waals surface area contributed by atoms with Crippen LogP contribution in [0.1, 0.15) is 62.3 Å². The first-order chi connectivity index (χ1) is 9.31. The molecule has 2 atom stereocenters. The summed E-state index contributed by atoms with van der Waals surface area (Å²) in [5, 5.41) is 13.9. The maximum atomic E-state index is 10.5. The fourth-order valence-electron chi connectivity index (χ4n) is 3.60. The van der Waals surface area contributed by atoms with E-state index in [2.05, 4.69) is 16.8 Å². The number of nitrogens with one attached hydrogen (secondary N) is 1. The third kappa shape index (κ3) is 2.43. The van der Waals surface area contributed by atoms with Crippen molar-refractivity contribution in [3.63, 3.8) is 0 Å². The molecule has 1 aliphatic carbocycles. The highest BCUT2D eigenvalue weighted by Crippen LogP contribution is 2.32. The van der Waals surface area contributed by atoms with Crippen molar-refractivity contribution in [3.8, 4) is 0 Å². The van der Waals surface area contributed by atoms with Gasteiger partial charge in [-0.1, -0.05) is 26.2 Å². The van der Waals surface area contributed by atoms with Crippen molar-refractivity contribution in [2.24, 2.45) is 0 Å². The summed E-state index contributed by atoms with van der Waals surface area (Å²) in [7, 11) is 0. The first-order valence-corrected chi connectivity index (χ1v) is 7.79. The minimum atomic E-state index is -0.194. The van der Waals surface area contributed by atoms with Crippen molar-refractivity contribution in [1.29, 1.82) is 0 Å². The largest absolute Gasteiger partial charge is 0.391 e. The van der Waals surface area contributed by atoms with Gasteiger partial charge < -0.3 is 15.0 Å². The molecule has 4 nitrogen and oxygen atoms in total. The van der Waals surface area contributed by atoms with E-state index in [0.717, 1.165) is 45.2 Å². The molecule has 0 amide bonds. The van der Waals surface area contributed by atoms with E-state index >= 15 is 0 Å². The van der Waals surface area contributed by atoms with Crippen LogP contribution in [0.25, 0.3) is 0 Å². The van der Waals surface area contributed by atoms with Gasteiger partial charge in [0, 0.05) is 31.6 Å². The zero-order valence-corrected chi connectivity index (χ0v) is 11.9. The van der Waals surface area contributed by atoms with Crippen molar-refractivity contribution in [2.75, 3.05) is 6.54 Å². The fraction of sp³-hybridized carbons (Fsp3) is 0.800. The summed E-state index contributed by atoms with van der Waals surface area (Å²) in [5.74, 6) is 1.17. The van der Waals surface area contributed by atoms with Crippen molar-refractivity contribution in [2.45, 2.75) is 70.6 Å². The van der Waals surface area contributed by atoms with Crippen LogP contribution in [0.4, 0.5) is 0 Å². The lowest BCUT2D eigenvalue weighted by atomic mass is 10.0. The third-order valence-electron chi connectivity index (χ3n) is 4.59. The van der Waals surface area contributed by atoms with Crippen molar-refractivity contribution in [3.05, 3.63) is 17.2 Å². The average Bonchev–Trinajstić information content (AvgIpc) is 2.68. The van der Waals surface area contributed by atoms with Gasteiger partial charge in [0.15, 0.2) is 0 Å². The van der Waals surface area contributed by atoms with E-state index in [9.17, 15) is 5.11 Å². The summed E-state index contributed by atoms with van der Waals surface area (Å²) in [6, 6.07) is 0.256. The Bertz CT molecular complexity index is 441. The molecule has 19 heavy (non-hydrogen) atoms. The summed E-state index contributed by atoms with van der Waals surface area (Å²) >= 11 is 0. The van der Waals surface area contributed by atoms with Crippen LogP contribution in [-0.4, -0.2) is 27.3 Å². The summed E-state index contributed by atoms with van der Waals surface area (Å²) < 4.78 is 2.40. The van der Waals surface area contributed by atoms with Crippen LogP contribution in [0.5, 0.6) is 0 Å². The maximum absolute atomic E-state index is 10.5. The normalized spacial score (nSPS) is 27.9. The quantitative estimate of drug-likeness (QED) is 0.802. The predicted molar refractivity (Wildman–Crippen MR) is 75.1 cm³/mol. The molecule has 0 saturated heterocycles. The van der Waals surface area contributed by atoms with Crippen LogP contribution in [-0.2, 0) is 19.4 Å². The number of aromatic nitrogens is 2. The molecule has 1 saturated carbocycles. The highest BCUT2D eigenvalue weighted by atomic mass is 16.3. The van der Waals surface area contributed by atoms with E-state index in [0.29, 0.717) is 0 Å². The first-order valence-electron chi connectivity index (χ1n) is 7.79. The highest BCUT2D eigenvalue weighted by Gasteiger charge is 2.29. The summed E-state index contributed by atoms with van der Waals surface area (Å²) in [4.78, 5) is 4.80. The fourth-order valence-corrected chi connectivity index (χ4v) is 3.60. The number of hydrogen-bond donors (Lipinski definition) is 2. The Labute approximate surface area is 115 Å². The highest BCUT2D eigenvalue weighted by molar-refractivity contribution is 5.22. The summed E-state index contributed by atoms with van der Waals surface area (Å²) in [5.41, 5.74) is 2.58. The van der Waals surface area contributed by atoms with Crippen LogP contribution in [0.3, 0.4) is 0 Å². The maximum Gasteiger partial charge on any atom is 0.109 e. The smallest absolute Gasteiger partial charge is 0.109 e. The summed E-state index contributed by atoms with van der Waals surface area (Å²) in [6.45, 7) is 4.09. The molecule has 0 spiro atoms. The van der Waals surface area contributed by atoms with Crippen molar-refractivity contribution >= 4 is 0 Å². The molecule has 0 bridgehead atoms. The minimum Gasteiger partial charge on any atom is -0.391 e. The topological polar surface area (TPSA) is 50.1 Å². The van der Waals surface area contributed by atoms with E-state index in [1.54, 1.807) is 0 Å². The predicted octanol–water partition coefficient (Wildman–Crippen LogP) is 1.96. The van der Waals surface area contributed by atoms with Crippen LogP contribution >= 0.6 is 0 Å².